The molecule has 0 aliphatic rings. The molecule has 4 nitrogen and oxygen atoms in total. The van der Waals surface area contributed by atoms with Gasteiger partial charge in [0, 0.05) is 6.07 Å². The molecule has 0 aliphatic carbocycles. The van der Waals surface area contributed by atoms with E-state index in [-0.39, 0.29) is 17.9 Å². The molecule has 0 saturated heterocycles. The third kappa shape index (κ3) is 5.66. The molecule has 0 bridgehead atoms. The fourth-order valence-electron chi connectivity index (χ4n) is 2.87. The number of hydrogen-bond acceptors (Lipinski definition) is 4. The monoisotopic (exact) mass is 428 g/mol. The van der Waals surface area contributed by atoms with E-state index in [9.17, 15) is 23.1 Å². The van der Waals surface area contributed by atoms with Crippen LogP contribution in [-0.2, 0) is 17.5 Å². The number of hydrogen-bond donors (Lipinski definition) is 1. The summed E-state index contributed by atoms with van der Waals surface area (Å²) in [5.74, 6) is -0.760. The highest BCUT2D eigenvalue weighted by Gasteiger charge is 2.29. The Morgan fingerprint density at radius 2 is 1.68 bits per heavy atom. The Bertz CT molecular complexity index is 1070. The largest absolute Gasteiger partial charge is 0.507 e. The van der Waals surface area contributed by atoms with E-state index in [0.717, 1.165) is 17.7 Å². The fraction of sp³-hybridized carbons (Fsp3) is 0.125. The topological polar surface area (TPSA) is 55.8 Å². The van der Waals surface area contributed by atoms with E-state index < -0.39 is 17.7 Å². The minimum absolute atomic E-state index is 0.0716. The minimum Gasteiger partial charge on any atom is -0.507 e. The number of benzene rings is 3. The standard InChI is InChI=1S/C24H19F3O4/c1-30-23(29)22-18(10-7-16-8-11-19(12-9-16)24(25,26)27)13-20(14-21(22)28)31-15-17-5-3-2-4-6-17/h2-14,28H,15H2,1H3. The van der Waals surface area contributed by atoms with Crippen LogP contribution in [0.2, 0.25) is 0 Å². The zero-order valence-corrected chi connectivity index (χ0v) is 16.5. The predicted octanol–water partition coefficient (Wildman–Crippen LogP) is 5.95. The van der Waals surface area contributed by atoms with Crippen LogP contribution in [0.25, 0.3) is 12.2 Å². The van der Waals surface area contributed by atoms with Gasteiger partial charge in [0.1, 0.15) is 23.7 Å². The number of aromatic hydroxyl groups is 1. The summed E-state index contributed by atoms with van der Waals surface area (Å²) in [6.45, 7) is 0.250. The highest BCUT2D eigenvalue weighted by Crippen LogP contribution is 2.32. The van der Waals surface area contributed by atoms with E-state index in [1.807, 2.05) is 30.3 Å². The van der Waals surface area contributed by atoms with Crippen molar-refractivity contribution in [2.75, 3.05) is 7.11 Å². The van der Waals surface area contributed by atoms with Crippen molar-refractivity contribution in [2.45, 2.75) is 12.8 Å². The summed E-state index contributed by atoms with van der Waals surface area (Å²) >= 11 is 0. The van der Waals surface area contributed by atoms with Crippen molar-refractivity contribution >= 4 is 18.1 Å². The second-order valence-corrected chi connectivity index (χ2v) is 6.63. The van der Waals surface area contributed by atoms with Gasteiger partial charge in [-0.1, -0.05) is 54.6 Å². The summed E-state index contributed by atoms with van der Waals surface area (Å²) in [6.07, 6.45) is -1.39. The van der Waals surface area contributed by atoms with Crippen LogP contribution in [0.1, 0.15) is 32.6 Å². The van der Waals surface area contributed by atoms with Gasteiger partial charge >= 0.3 is 12.1 Å². The maximum Gasteiger partial charge on any atom is 0.416 e. The highest BCUT2D eigenvalue weighted by atomic mass is 19.4. The number of ether oxygens (including phenoxy) is 2. The maximum absolute atomic E-state index is 12.7. The second-order valence-electron chi connectivity index (χ2n) is 6.63. The number of carbonyl (C=O) groups excluding carboxylic acids is 1. The first-order chi connectivity index (χ1) is 14.8. The molecule has 0 spiro atoms. The van der Waals surface area contributed by atoms with Crippen molar-refractivity contribution in [3.05, 3.63) is 94.5 Å². The van der Waals surface area contributed by atoms with Crippen molar-refractivity contribution in [3.63, 3.8) is 0 Å². The van der Waals surface area contributed by atoms with Gasteiger partial charge in [-0.05, 0) is 34.9 Å². The molecule has 0 fully saturated rings. The van der Waals surface area contributed by atoms with E-state index >= 15 is 0 Å². The lowest BCUT2D eigenvalue weighted by atomic mass is 10.0. The number of methoxy groups -OCH3 is 1. The first-order valence-corrected chi connectivity index (χ1v) is 9.25. The third-order valence-corrected chi connectivity index (χ3v) is 4.45. The van der Waals surface area contributed by atoms with Crippen LogP contribution in [-0.4, -0.2) is 18.2 Å². The molecule has 0 unspecified atom stereocenters. The highest BCUT2D eigenvalue weighted by molar-refractivity contribution is 5.98. The molecule has 7 heteroatoms. The summed E-state index contributed by atoms with van der Waals surface area (Å²) < 4.78 is 48.6. The first-order valence-electron chi connectivity index (χ1n) is 9.25. The van der Waals surface area contributed by atoms with Crippen LogP contribution in [0, 0.1) is 0 Å². The lowest BCUT2D eigenvalue weighted by molar-refractivity contribution is -0.137. The molecule has 160 valence electrons. The Labute approximate surface area is 177 Å². The number of halogens is 3. The van der Waals surface area contributed by atoms with Gasteiger partial charge in [0.2, 0.25) is 0 Å². The number of phenolic OH excluding ortho intramolecular Hbond substituents is 1. The fourth-order valence-corrected chi connectivity index (χ4v) is 2.87. The van der Waals surface area contributed by atoms with Gasteiger partial charge in [0.25, 0.3) is 0 Å². The number of esters is 1. The van der Waals surface area contributed by atoms with Gasteiger partial charge in [-0.15, -0.1) is 0 Å². The molecule has 3 aromatic rings. The Morgan fingerprint density at radius 1 is 1.00 bits per heavy atom. The first kappa shape index (κ1) is 22.0. The molecule has 0 saturated carbocycles. The van der Waals surface area contributed by atoms with Crippen LogP contribution in [0.15, 0.2) is 66.7 Å². The second kappa shape index (κ2) is 9.38. The molecule has 0 heterocycles. The lowest BCUT2D eigenvalue weighted by Crippen LogP contribution is -2.05. The smallest absolute Gasteiger partial charge is 0.416 e. The average Bonchev–Trinajstić information content (AvgIpc) is 2.76. The van der Waals surface area contributed by atoms with Crippen molar-refractivity contribution in [2.24, 2.45) is 0 Å². The quantitative estimate of drug-likeness (QED) is 0.390. The Balaban J connectivity index is 1.89. The van der Waals surface area contributed by atoms with Gasteiger partial charge < -0.3 is 14.6 Å². The summed E-state index contributed by atoms with van der Waals surface area (Å²) in [6, 6.07) is 16.8. The van der Waals surface area contributed by atoms with Gasteiger partial charge in [0.05, 0.1) is 12.7 Å². The van der Waals surface area contributed by atoms with E-state index in [1.54, 1.807) is 6.07 Å². The zero-order valence-electron chi connectivity index (χ0n) is 16.5. The van der Waals surface area contributed by atoms with Crippen LogP contribution in [0.4, 0.5) is 13.2 Å². The van der Waals surface area contributed by atoms with E-state index in [2.05, 4.69) is 0 Å². The van der Waals surface area contributed by atoms with Gasteiger partial charge in [0.15, 0.2) is 0 Å². The minimum atomic E-state index is -4.42. The Hall–Kier alpha value is -3.74. The molecule has 31 heavy (non-hydrogen) atoms. The number of rotatable bonds is 6. The molecule has 0 aromatic heterocycles. The van der Waals surface area contributed by atoms with Gasteiger partial charge in [-0.25, -0.2) is 4.79 Å². The summed E-state index contributed by atoms with van der Waals surface area (Å²) in [4.78, 5) is 12.1. The van der Waals surface area contributed by atoms with Crippen molar-refractivity contribution in [3.8, 4) is 11.5 Å². The molecule has 3 rings (SSSR count). The molecule has 0 radical (unpaired) electrons. The van der Waals surface area contributed by atoms with Gasteiger partial charge in [-0.3, -0.25) is 0 Å². The zero-order chi connectivity index (χ0) is 22.4. The number of carbonyl (C=O) groups is 1. The van der Waals surface area contributed by atoms with E-state index in [0.29, 0.717) is 16.9 Å². The average molecular weight is 428 g/mol. The van der Waals surface area contributed by atoms with Crippen LogP contribution >= 0.6 is 0 Å². The van der Waals surface area contributed by atoms with Crippen molar-refractivity contribution < 1.29 is 32.5 Å². The molecule has 3 aromatic carbocycles. The SMILES string of the molecule is COC(=O)c1c(O)cc(OCc2ccccc2)cc1C=Cc1ccc(C(F)(F)F)cc1. The maximum atomic E-state index is 12.7. The predicted molar refractivity (Wildman–Crippen MR) is 111 cm³/mol. The molecular weight excluding hydrogens is 409 g/mol. The molecule has 0 amide bonds. The van der Waals surface area contributed by atoms with Crippen molar-refractivity contribution in [1.29, 1.82) is 0 Å². The molecule has 1 N–H and O–H groups in total. The van der Waals surface area contributed by atoms with Crippen LogP contribution < -0.4 is 4.74 Å². The normalized spacial score (nSPS) is 11.5. The number of alkyl halides is 3. The summed E-state index contributed by atoms with van der Waals surface area (Å²) in [5.41, 5.74) is 0.876. The van der Waals surface area contributed by atoms with Crippen LogP contribution in [0.5, 0.6) is 11.5 Å². The molecule has 0 atom stereocenters. The Kier molecular flexibility index (Phi) is 6.65. The van der Waals surface area contributed by atoms with Gasteiger partial charge in [-0.2, -0.15) is 13.2 Å². The lowest BCUT2D eigenvalue weighted by Gasteiger charge is -2.12. The number of phenols is 1. The molecule has 0 aliphatic heterocycles. The third-order valence-electron chi connectivity index (χ3n) is 4.45. The summed E-state index contributed by atoms with van der Waals surface area (Å²) in [7, 11) is 1.19. The van der Waals surface area contributed by atoms with Crippen molar-refractivity contribution in [1.82, 2.24) is 0 Å². The van der Waals surface area contributed by atoms with Crippen LogP contribution in [0.3, 0.4) is 0 Å². The Morgan fingerprint density at radius 3 is 2.29 bits per heavy atom. The molecular formula is C24H19F3O4. The van der Waals surface area contributed by atoms with E-state index in [4.69, 9.17) is 9.47 Å². The van der Waals surface area contributed by atoms with E-state index in [1.165, 1.54) is 37.5 Å². The summed E-state index contributed by atoms with van der Waals surface area (Å²) in [5, 5.41) is 10.4.